The van der Waals surface area contributed by atoms with Gasteiger partial charge in [-0.2, -0.15) is 0 Å². The highest BCUT2D eigenvalue weighted by molar-refractivity contribution is 6.17. The number of aryl methyl sites for hydroxylation is 1. The number of rotatable bonds is 3. The number of hydrogen-bond acceptors (Lipinski definition) is 3. The molecule has 0 unspecified atom stereocenters. The van der Waals surface area contributed by atoms with Crippen LogP contribution in [0, 0.1) is 6.92 Å². The summed E-state index contributed by atoms with van der Waals surface area (Å²) in [4.78, 5) is 4.52. The zero-order chi connectivity index (χ0) is 14.0. The number of pyridine rings is 1. The van der Waals surface area contributed by atoms with Crippen LogP contribution >= 0.6 is 11.6 Å². The molecule has 5 heteroatoms. The topological polar surface area (TPSA) is 50.8 Å². The van der Waals surface area contributed by atoms with Gasteiger partial charge in [0, 0.05) is 29.1 Å². The van der Waals surface area contributed by atoms with Gasteiger partial charge >= 0.3 is 0 Å². The molecule has 0 saturated heterocycles. The number of halogens is 1. The highest BCUT2D eigenvalue weighted by Crippen LogP contribution is 2.27. The maximum atomic E-state index is 5.92. The van der Waals surface area contributed by atoms with E-state index in [4.69, 9.17) is 16.3 Å². The lowest BCUT2D eigenvalue weighted by Crippen LogP contribution is -2.14. The van der Waals surface area contributed by atoms with E-state index in [9.17, 15) is 0 Å². The number of alkyl halides is 1. The SMILES string of the molecule is Cc1cc(Oc2cc(CCl)cc(C(C)(C)C)n2)n[nH]1. The number of nitrogens with one attached hydrogen (secondary N) is 1. The summed E-state index contributed by atoms with van der Waals surface area (Å²) in [5, 5.41) is 6.87. The molecular formula is C14H18ClN3O. The first kappa shape index (κ1) is 13.9. The number of aromatic amines is 1. The van der Waals surface area contributed by atoms with Gasteiger partial charge in [0.05, 0.1) is 5.69 Å². The third-order valence-electron chi connectivity index (χ3n) is 2.68. The fourth-order valence-electron chi connectivity index (χ4n) is 1.63. The van der Waals surface area contributed by atoms with Crippen LogP contribution in [-0.4, -0.2) is 15.2 Å². The lowest BCUT2D eigenvalue weighted by atomic mass is 9.91. The monoisotopic (exact) mass is 279 g/mol. The lowest BCUT2D eigenvalue weighted by Gasteiger charge is -2.19. The molecule has 0 aliphatic rings. The van der Waals surface area contributed by atoms with Crippen molar-refractivity contribution < 1.29 is 4.74 Å². The van der Waals surface area contributed by atoms with Gasteiger partial charge in [-0.15, -0.1) is 16.7 Å². The second kappa shape index (κ2) is 5.21. The van der Waals surface area contributed by atoms with E-state index in [1.54, 1.807) is 0 Å². The Morgan fingerprint density at radius 1 is 1.21 bits per heavy atom. The van der Waals surface area contributed by atoms with Gasteiger partial charge in [-0.3, -0.25) is 5.10 Å². The first-order valence-corrected chi connectivity index (χ1v) is 6.69. The van der Waals surface area contributed by atoms with Crippen LogP contribution in [0.2, 0.25) is 0 Å². The van der Waals surface area contributed by atoms with Crippen LogP contribution in [0.5, 0.6) is 11.8 Å². The summed E-state index contributed by atoms with van der Waals surface area (Å²) in [5.41, 5.74) is 2.83. The van der Waals surface area contributed by atoms with Crippen LogP contribution in [0.25, 0.3) is 0 Å². The van der Waals surface area contributed by atoms with Crippen molar-refractivity contribution in [2.75, 3.05) is 0 Å². The summed E-state index contributed by atoms with van der Waals surface area (Å²) in [7, 11) is 0. The maximum Gasteiger partial charge on any atom is 0.240 e. The van der Waals surface area contributed by atoms with Crippen molar-refractivity contribution in [2.45, 2.75) is 39.0 Å². The number of H-pyrrole nitrogens is 1. The average molecular weight is 280 g/mol. The summed E-state index contributed by atoms with van der Waals surface area (Å²) < 4.78 is 5.67. The molecule has 2 aromatic rings. The van der Waals surface area contributed by atoms with Gasteiger partial charge in [0.2, 0.25) is 11.8 Å². The van der Waals surface area contributed by atoms with Crippen molar-refractivity contribution in [3.63, 3.8) is 0 Å². The van der Waals surface area contributed by atoms with Gasteiger partial charge in [0.15, 0.2) is 0 Å². The van der Waals surface area contributed by atoms with Gasteiger partial charge in [0.1, 0.15) is 0 Å². The highest BCUT2D eigenvalue weighted by atomic mass is 35.5. The average Bonchev–Trinajstić information content (AvgIpc) is 2.73. The minimum atomic E-state index is -0.0539. The Balaban J connectivity index is 2.34. The minimum absolute atomic E-state index is 0.0539. The van der Waals surface area contributed by atoms with Crippen LogP contribution in [0.4, 0.5) is 0 Å². The van der Waals surface area contributed by atoms with Crippen molar-refractivity contribution in [2.24, 2.45) is 0 Å². The van der Waals surface area contributed by atoms with E-state index >= 15 is 0 Å². The van der Waals surface area contributed by atoms with Crippen molar-refractivity contribution in [3.05, 3.63) is 35.2 Å². The Kier molecular flexibility index (Phi) is 3.80. The van der Waals surface area contributed by atoms with Gasteiger partial charge < -0.3 is 4.74 Å². The molecule has 0 aromatic carbocycles. The molecule has 0 saturated carbocycles. The number of aromatic nitrogens is 3. The molecule has 0 amide bonds. The van der Waals surface area contributed by atoms with Crippen LogP contribution in [0.15, 0.2) is 18.2 Å². The Labute approximate surface area is 118 Å². The van der Waals surface area contributed by atoms with Crippen LogP contribution in [0.3, 0.4) is 0 Å². The molecule has 0 atom stereocenters. The summed E-state index contributed by atoms with van der Waals surface area (Å²) in [6.07, 6.45) is 0. The van der Waals surface area contributed by atoms with Crippen LogP contribution in [0.1, 0.15) is 37.7 Å². The number of hydrogen-bond donors (Lipinski definition) is 1. The predicted molar refractivity (Wildman–Crippen MR) is 75.9 cm³/mol. The summed E-state index contributed by atoms with van der Waals surface area (Å²) in [6, 6.07) is 5.67. The number of ether oxygens (including phenoxy) is 1. The third-order valence-corrected chi connectivity index (χ3v) is 2.98. The van der Waals surface area contributed by atoms with Crippen molar-refractivity contribution in [1.82, 2.24) is 15.2 Å². The maximum absolute atomic E-state index is 5.92. The second-order valence-corrected chi connectivity index (χ2v) is 5.84. The summed E-state index contributed by atoms with van der Waals surface area (Å²) in [6.45, 7) is 8.24. The van der Waals surface area contributed by atoms with E-state index in [1.165, 1.54) is 0 Å². The molecule has 19 heavy (non-hydrogen) atoms. The van der Waals surface area contributed by atoms with E-state index in [2.05, 4.69) is 36.0 Å². The molecule has 0 spiro atoms. The zero-order valence-electron chi connectivity index (χ0n) is 11.6. The molecule has 0 aliphatic heterocycles. The standard InChI is InChI=1S/C14H18ClN3O/c1-9-5-13(18-17-9)19-12-7-10(8-15)6-11(16-12)14(2,3)4/h5-7H,8H2,1-4H3,(H,17,18). The van der Waals surface area contributed by atoms with E-state index in [1.807, 2.05) is 25.1 Å². The quantitative estimate of drug-likeness (QED) is 0.866. The fraction of sp³-hybridized carbons (Fsp3) is 0.429. The van der Waals surface area contributed by atoms with E-state index in [0.29, 0.717) is 17.6 Å². The van der Waals surface area contributed by atoms with Gasteiger partial charge in [-0.1, -0.05) is 20.8 Å². The molecule has 1 N–H and O–H groups in total. The molecule has 0 fully saturated rings. The summed E-state index contributed by atoms with van der Waals surface area (Å²) in [5.74, 6) is 1.47. The molecule has 2 rings (SSSR count). The first-order valence-electron chi connectivity index (χ1n) is 6.16. The summed E-state index contributed by atoms with van der Waals surface area (Å²) >= 11 is 5.92. The highest BCUT2D eigenvalue weighted by Gasteiger charge is 2.18. The largest absolute Gasteiger partial charge is 0.419 e. The Bertz CT molecular complexity index is 572. The lowest BCUT2D eigenvalue weighted by molar-refractivity contribution is 0.434. The van der Waals surface area contributed by atoms with Gasteiger partial charge in [-0.25, -0.2) is 4.98 Å². The molecule has 0 radical (unpaired) electrons. The van der Waals surface area contributed by atoms with Crippen molar-refractivity contribution in [3.8, 4) is 11.8 Å². The molecule has 2 aromatic heterocycles. The zero-order valence-corrected chi connectivity index (χ0v) is 12.4. The molecule has 4 nitrogen and oxygen atoms in total. The smallest absolute Gasteiger partial charge is 0.240 e. The predicted octanol–water partition coefficient (Wildman–Crippen LogP) is 3.94. The fourth-order valence-corrected chi connectivity index (χ4v) is 1.78. The molecule has 102 valence electrons. The third kappa shape index (κ3) is 3.47. The van der Waals surface area contributed by atoms with E-state index in [-0.39, 0.29) is 5.41 Å². The molecular weight excluding hydrogens is 262 g/mol. The van der Waals surface area contributed by atoms with Crippen LogP contribution in [-0.2, 0) is 11.3 Å². The van der Waals surface area contributed by atoms with Crippen LogP contribution < -0.4 is 4.74 Å². The van der Waals surface area contributed by atoms with Crippen molar-refractivity contribution >= 4 is 11.6 Å². The van der Waals surface area contributed by atoms with Crippen molar-refractivity contribution in [1.29, 1.82) is 0 Å². The Morgan fingerprint density at radius 2 is 1.95 bits per heavy atom. The Morgan fingerprint density at radius 3 is 2.47 bits per heavy atom. The molecule has 2 heterocycles. The van der Waals surface area contributed by atoms with Gasteiger partial charge in [-0.05, 0) is 18.6 Å². The first-order chi connectivity index (χ1) is 8.88. The second-order valence-electron chi connectivity index (χ2n) is 5.57. The van der Waals surface area contributed by atoms with Gasteiger partial charge in [0.25, 0.3) is 0 Å². The molecule has 0 aliphatic carbocycles. The normalized spacial score (nSPS) is 11.6. The minimum Gasteiger partial charge on any atom is -0.419 e. The Hall–Kier alpha value is -1.55. The van der Waals surface area contributed by atoms with E-state index < -0.39 is 0 Å². The number of nitrogens with zero attached hydrogens (tertiary/aromatic N) is 2. The molecule has 0 bridgehead atoms. The van der Waals surface area contributed by atoms with E-state index in [0.717, 1.165) is 17.0 Å².